The van der Waals surface area contributed by atoms with Gasteiger partial charge in [0.2, 0.25) is 0 Å². The van der Waals surface area contributed by atoms with Crippen LogP contribution in [0.3, 0.4) is 0 Å². The van der Waals surface area contributed by atoms with Crippen LogP contribution in [0.15, 0.2) is 109 Å². The molecule has 0 amide bonds. The third-order valence-corrected chi connectivity index (χ3v) is 16.4. The van der Waals surface area contributed by atoms with Gasteiger partial charge in [0.05, 0.1) is 0 Å². The highest BCUT2D eigenvalue weighted by atomic mass is 31.1. The van der Waals surface area contributed by atoms with E-state index < -0.39 is 0 Å². The Morgan fingerprint density at radius 2 is 0.608 bits per heavy atom. The van der Waals surface area contributed by atoms with Crippen molar-refractivity contribution in [3.8, 4) is 22.3 Å². The summed E-state index contributed by atoms with van der Waals surface area (Å²) < 4.78 is 0. The van der Waals surface area contributed by atoms with Crippen molar-refractivity contribution in [3.63, 3.8) is 0 Å². The van der Waals surface area contributed by atoms with E-state index in [2.05, 4.69) is 227 Å². The van der Waals surface area contributed by atoms with Crippen LogP contribution < -0.4 is 5.32 Å². The molecule has 0 unspecified atom stereocenters. The van der Waals surface area contributed by atoms with Gasteiger partial charge < -0.3 is 5.32 Å². The van der Waals surface area contributed by atoms with Crippen molar-refractivity contribution >= 4 is 27.2 Å². The summed E-state index contributed by atoms with van der Waals surface area (Å²) in [6, 6.07) is 37.9. The lowest BCUT2D eigenvalue weighted by Gasteiger charge is -2.49. The maximum Gasteiger partial charge on any atom is 0.0463 e. The second-order valence-corrected chi connectivity index (χ2v) is 29.1. The average Bonchev–Trinajstić information content (AvgIpc) is 2.94. The number of hydrogen-bond donors (Lipinski definition) is 1. The third kappa shape index (κ3) is 14.5. The Labute approximate surface area is 318 Å². The SMILES string of the molecule is CC(C)(C)P(C(C)(C)C)C(C)(C)C.CC(C)(C)P(C(C)(C)C)C(C)(C)C.c1ccc(-c2ccc(Nc3ccccc3-c3ccccc3)cc2)cc1. The lowest BCUT2D eigenvalue weighted by Crippen LogP contribution is -2.34. The van der Waals surface area contributed by atoms with Gasteiger partial charge in [0.25, 0.3) is 0 Å². The molecule has 0 saturated heterocycles. The fraction of sp³-hybridized carbons (Fsp3) is 0.500. The summed E-state index contributed by atoms with van der Waals surface area (Å²) in [5, 5.41) is 6.25. The Hall–Kier alpha value is -2.46. The maximum atomic E-state index is 3.55. The highest BCUT2D eigenvalue weighted by Gasteiger charge is 2.42. The minimum absolute atomic E-state index is 0.0162. The monoisotopic (exact) mass is 726 g/mol. The minimum Gasteiger partial charge on any atom is -0.355 e. The van der Waals surface area contributed by atoms with E-state index in [-0.39, 0.29) is 15.8 Å². The molecular formula is C48H73NP2. The summed E-state index contributed by atoms with van der Waals surface area (Å²) in [6.07, 6.45) is 0. The van der Waals surface area contributed by atoms with Crippen molar-refractivity contribution in [1.29, 1.82) is 0 Å². The molecule has 0 aromatic heterocycles. The summed E-state index contributed by atoms with van der Waals surface area (Å²) in [4.78, 5) is 0. The van der Waals surface area contributed by atoms with Gasteiger partial charge in [0, 0.05) is 16.9 Å². The molecule has 1 N–H and O–H groups in total. The van der Waals surface area contributed by atoms with Crippen LogP contribution >= 0.6 is 15.8 Å². The second kappa shape index (κ2) is 17.6. The number of hydrogen-bond acceptors (Lipinski definition) is 1. The van der Waals surface area contributed by atoms with Crippen molar-refractivity contribution in [2.24, 2.45) is 0 Å². The molecule has 1 nitrogen and oxygen atoms in total. The van der Waals surface area contributed by atoms with E-state index in [9.17, 15) is 0 Å². The van der Waals surface area contributed by atoms with Gasteiger partial charge in [-0.15, -0.1) is 0 Å². The molecule has 4 aromatic rings. The summed E-state index contributed by atoms with van der Waals surface area (Å²) in [5.41, 5.74) is 7.08. The first kappa shape index (κ1) is 44.7. The van der Waals surface area contributed by atoms with Gasteiger partial charge in [-0.3, -0.25) is 0 Å². The van der Waals surface area contributed by atoms with Crippen molar-refractivity contribution in [1.82, 2.24) is 0 Å². The van der Waals surface area contributed by atoms with Gasteiger partial charge in [-0.1, -0.05) is 231 Å². The molecule has 0 spiro atoms. The first-order chi connectivity index (χ1) is 23.1. The van der Waals surface area contributed by atoms with Gasteiger partial charge in [0.1, 0.15) is 0 Å². The molecule has 0 fully saturated rings. The first-order valence-electron chi connectivity index (χ1n) is 18.8. The number of rotatable bonds is 4. The minimum atomic E-state index is 0.0162. The molecule has 0 aliphatic carbocycles. The predicted molar refractivity (Wildman–Crippen MR) is 239 cm³/mol. The van der Waals surface area contributed by atoms with Gasteiger partial charge in [-0.25, -0.2) is 0 Å². The quantitative estimate of drug-likeness (QED) is 0.207. The molecule has 0 saturated carbocycles. The zero-order valence-corrected chi connectivity index (χ0v) is 37.6. The maximum absolute atomic E-state index is 3.55. The molecule has 0 aliphatic rings. The Kier molecular flexibility index (Phi) is 15.4. The molecule has 4 aromatic carbocycles. The molecular weight excluding hydrogens is 652 g/mol. The number of benzene rings is 4. The van der Waals surface area contributed by atoms with Crippen molar-refractivity contribution in [2.45, 2.75) is 156 Å². The molecule has 51 heavy (non-hydrogen) atoms. The predicted octanol–water partition coefficient (Wildman–Crippen LogP) is 16.5. The van der Waals surface area contributed by atoms with E-state index in [1.54, 1.807) is 0 Å². The topological polar surface area (TPSA) is 12.0 Å². The zero-order chi connectivity index (χ0) is 39.1. The molecule has 4 rings (SSSR count). The molecule has 0 bridgehead atoms. The Morgan fingerprint density at radius 1 is 0.314 bits per heavy atom. The van der Waals surface area contributed by atoms with Crippen LogP contribution in [0.25, 0.3) is 22.3 Å². The van der Waals surface area contributed by atoms with Crippen molar-refractivity contribution in [2.75, 3.05) is 5.32 Å². The van der Waals surface area contributed by atoms with Crippen molar-refractivity contribution < 1.29 is 0 Å². The van der Waals surface area contributed by atoms with Crippen LogP contribution in [0.1, 0.15) is 125 Å². The highest BCUT2D eigenvalue weighted by Crippen LogP contribution is 2.67. The highest BCUT2D eigenvalue weighted by molar-refractivity contribution is 7.62. The van der Waals surface area contributed by atoms with E-state index in [4.69, 9.17) is 0 Å². The van der Waals surface area contributed by atoms with Crippen LogP contribution in [0.5, 0.6) is 0 Å². The zero-order valence-electron chi connectivity index (χ0n) is 35.8. The number of nitrogens with one attached hydrogen (secondary N) is 1. The molecule has 0 heterocycles. The average molecular weight is 726 g/mol. The summed E-state index contributed by atoms with van der Waals surface area (Å²) in [6.45, 7) is 42.9. The van der Waals surface area contributed by atoms with Crippen LogP contribution in [0.4, 0.5) is 11.4 Å². The van der Waals surface area contributed by atoms with Gasteiger partial charge in [-0.05, 0) is 65.8 Å². The lowest BCUT2D eigenvalue weighted by molar-refractivity contribution is 0.643. The smallest absolute Gasteiger partial charge is 0.0463 e. The standard InChI is InChI=1S/C24H19N.2C12H27P/c1-3-9-19(10-4-1)20-15-17-22(18-16-20)25-24-14-8-7-13-23(24)21-11-5-2-6-12-21;2*1-10(2,3)13(11(4,5)6)12(7,8)9/h1-18,25H;2*1-9H3. The van der Waals surface area contributed by atoms with Gasteiger partial charge in [-0.2, -0.15) is 0 Å². The fourth-order valence-corrected chi connectivity index (χ4v) is 21.1. The normalized spacial score (nSPS) is 12.9. The van der Waals surface area contributed by atoms with Crippen LogP contribution in [0, 0.1) is 0 Å². The molecule has 0 atom stereocenters. The van der Waals surface area contributed by atoms with Crippen LogP contribution in [-0.2, 0) is 0 Å². The van der Waals surface area contributed by atoms with Gasteiger partial charge >= 0.3 is 0 Å². The van der Waals surface area contributed by atoms with E-state index >= 15 is 0 Å². The first-order valence-corrected chi connectivity index (χ1v) is 21.5. The van der Waals surface area contributed by atoms with Crippen LogP contribution in [0.2, 0.25) is 0 Å². The third-order valence-electron chi connectivity index (χ3n) is 8.31. The van der Waals surface area contributed by atoms with Gasteiger partial charge in [0.15, 0.2) is 0 Å². The molecule has 3 heteroatoms. The number of para-hydroxylation sites is 1. The second-order valence-electron chi connectivity index (χ2n) is 19.7. The molecule has 280 valence electrons. The van der Waals surface area contributed by atoms with E-state index in [1.165, 1.54) is 22.3 Å². The Balaban J connectivity index is 0.000000296. The van der Waals surface area contributed by atoms with Crippen molar-refractivity contribution in [3.05, 3.63) is 109 Å². The Morgan fingerprint density at radius 3 is 0.941 bits per heavy atom. The van der Waals surface area contributed by atoms with E-state index in [1.807, 2.05) is 12.1 Å². The van der Waals surface area contributed by atoms with E-state index in [0.29, 0.717) is 30.9 Å². The lowest BCUT2D eigenvalue weighted by atomic mass is 10.0. The Bertz CT molecular complexity index is 1470. The fourth-order valence-electron chi connectivity index (χ4n) is 9.03. The van der Waals surface area contributed by atoms with E-state index in [0.717, 1.165) is 11.4 Å². The molecule has 0 aliphatic heterocycles. The summed E-state index contributed by atoms with van der Waals surface area (Å²) in [7, 11) is 0.0324. The summed E-state index contributed by atoms with van der Waals surface area (Å²) in [5.74, 6) is 0. The van der Waals surface area contributed by atoms with Crippen LogP contribution in [-0.4, -0.2) is 30.9 Å². The summed E-state index contributed by atoms with van der Waals surface area (Å²) >= 11 is 0. The largest absolute Gasteiger partial charge is 0.355 e. The molecule has 0 radical (unpaired) electrons. The number of anilines is 2.